The first-order valence-corrected chi connectivity index (χ1v) is 12.4. The summed E-state index contributed by atoms with van der Waals surface area (Å²) in [5, 5.41) is 9.68. The van der Waals surface area contributed by atoms with Gasteiger partial charge in [0.2, 0.25) is 0 Å². The van der Waals surface area contributed by atoms with Gasteiger partial charge in [-0.3, -0.25) is 0 Å². The molecule has 4 heteroatoms. The lowest BCUT2D eigenvalue weighted by Crippen LogP contribution is -2.43. The maximum atomic E-state index is 9.68. The highest BCUT2D eigenvalue weighted by molar-refractivity contribution is 5.13. The monoisotopic (exact) mass is 439 g/mol. The Morgan fingerprint density at radius 3 is 2.62 bits per heavy atom. The Kier molecular flexibility index (Phi) is 9.34. The first-order valence-electron chi connectivity index (χ1n) is 12.4. The van der Waals surface area contributed by atoms with Crippen LogP contribution in [0, 0.1) is 40.4 Å². The van der Waals surface area contributed by atoms with Gasteiger partial charge in [0.1, 0.15) is 0 Å². The molecule has 2 unspecified atom stereocenters. The second-order valence-corrected chi connectivity index (χ2v) is 10.5. The number of rotatable bonds is 9. The quantitative estimate of drug-likeness (QED) is 0.411. The van der Waals surface area contributed by atoms with Crippen LogP contribution in [-0.4, -0.2) is 25.6 Å². The van der Waals surface area contributed by atoms with E-state index in [2.05, 4.69) is 64.1 Å². The maximum Gasteiger partial charge on any atom is 0.165 e. The van der Waals surface area contributed by atoms with Crippen molar-refractivity contribution >= 4 is 0 Å². The number of nitriles is 1. The molecule has 1 saturated heterocycles. The fraction of sp³-hybridized carbons (Fsp3) is 0.679. The van der Waals surface area contributed by atoms with E-state index in [4.69, 9.17) is 14.2 Å². The second-order valence-electron chi connectivity index (χ2n) is 10.5. The summed E-state index contributed by atoms with van der Waals surface area (Å²) in [4.78, 5) is 0. The average molecular weight is 440 g/mol. The van der Waals surface area contributed by atoms with Crippen LogP contribution in [0.5, 0.6) is 0 Å². The minimum atomic E-state index is -0.570. The molecule has 1 aliphatic heterocycles. The van der Waals surface area contributed by atoms with Gasteiger partial charge in [-0.05, 0) is 72.8 Å². The Bertz CT molecular complexity index is 746. The Labute approximate surface area is 194 Å². The maximum absolute atomic E-state index is 9.68. The highest BCUT2D eigenvalue weighted by atomic mass is 16.7. The molecule has 2 fully saturated rings. The summed E-state index contributed by atoms with van der Waals surface area (Å²) in [6.45, 7) is 11.5. The molecule has 1 saturated carbocycles. The minimum absolute atomic E-state index is 0.157. The van der Waals surface area contributed by atoms with Crippen molar-refractivity contribution in [2.75, 3.05) is 13.2 Å². The van der Waals surface area contributed by atoms with Crippen LogP contribution in [0.4, 0.5) is 0 Å². The SMILES string of the molecule is CC(C)[C@@H]1CCC(C)(C)[C@H](/C=C/C(C#N)OC2CCCCO2)[C@H]1COCc1ccccc1. The van der Waals surface area contributed by atoms with E-state index in [0.29, 0.717) is 30.3 Å². The summed E-state index contributed by atoms with van der Waals surface area (Å²) < 4.78 is 17.9. The normalized spacial score (nSPS) is 29.1. The van der Waals surface area contributed by atoms with Crippen LogP contribution in [0.3, 0.4) is 0 Å². The molecular weight excluding hydrogens is 398 g/mol. The predicted molar refractivity (Wildman–Crippen MR) is 128 cm³/mol. The zero-order valence-electron chi connectivity index (χ0n) is 20.3. The smallest absolute Gasteiger partial charge is 0.165 e. The van der Waals surface area contributed by atoms with Gasteiger partial charge >= 0.3 is 0 Å². The molecule has 2 aliphatic rings. The Morgan fingerprint density at radius 2 is 1.97 bits per heavy atom. The fourth-order valence-corrected chi connectivity index (χ4v) is 5.43. The molecule has 0 spiro atoms. The van der Waals surface area contributed by atoms with E-state index in [1.165, 1.54) is 18.4 Å². The van der Waals surface area contributed by atoms with E-state index in [0.717, 1.165) is 32.5 Å². The van der Waals surface area contributed by atoms with Gasteiger partial charge in [0.15, 0.2) is 12.4 Å². The van der Waals surface area contributed by atoms with Crippen molar-refractivity contribution in [3.8, 4) is 6.07 Å². The average Bonchev–Trinajstić information content (AvgIpc) is 2.78. The summed E-state index contributed by atoms with van der Waals surface area (Å²) in [6.07, 6.45) is 8.84. The van der Waals surface area contributed by atoms with Crippen molar-refractivity contribution in [2.24, 2.45) is 29.1 Å². The lowest BCUT2D eigenvalue weighted by Gasteiger charge is -2.48. The number of ether oxygens (including phenoxy) is 3. The number of hydrogen-bond donors (Lipinski definition) is 0. The molecule has 0 bridgehead atoms. The van der Waals surface area contributed by atoms with Gasteiger partial charge in [-0.2, -0.15) is 5.26 Å². The Morgan fingerprint density at radius 1 is 1.19 bits per heavy atom. The lowest BCUT2D eigenvalue weighted by atomic mass is 9.57. The van der Waals surface area contributed by atoms with Crippen LogP contribution < -0.4 is 0 Å². The predicted octanol–water partition coefficient (Wildman–Crippen LogP) is 6.52. The van der Waals surface area contributed by atoms with Crippen LogP contribution in [0.15, 0.2) is 42.5 Å². The Hall–Kier alpha value is -1.67. The highest BCUT2D eigenvalue weighted by Crippen LogP contribution is 2.49. The lowest BCUT2D eigenvalue weighted by molar-refractivity contribution is -0.168. The van der Waals surface area contributed by atoms with E-state index in [9.17, 15) is 5.26 Å². The summed E-state index contributed by atoms with van der Waals surface area (Å²) in [7, 11) is 0. The van der Waals surface area contributed by atoms with Gasteiger partial charge in [-0.25, -0.2) is 0 Å². The van der Waals surface area contributed by atoms with Gasteiger partial charge in [0.05, 0.1) is 19.3 Å². The van der Waals surface area contributed by atoms with E-state index < -0.39 is 6.10 Å². The first-order chi connectivity index (χ1) is 15.4. The number of hydrogen-bond acceptors (Lipinski definition) is 4. The molecular formula is C28H41NO3. The van der Waals surface area contributed by atoms with Crippen molar-refractivity contribution in [1.82, 2.24) is 0 Å². The standard InChI is InChI=1S/C28H41NO3/c1-21(2)24-15-16-28(3,4)26(25(24)20-30-19-22-10-6-5-7-11-22)14-13-23(18-29)32-27-12-8-9-17-31-27/h5-7,10-11,13-14,21,23-27H,8-9,12,15-17,19-20H2,1-4H3/b14-13+/t23?,24-,25-,26+,27?/m0/s1. The molecule has 1 aromatic rings. The molecule has 1 aromatic carbocycles. The molecule has 1 heterocycles. The molecule has 4 nitrogen and oxygen atoms in total. The molecule has 32 heavy (non-hydrogen) atoms. The van der Waals surface area contributed by atoms with Gasteiger partial charge in [0.25, 0.3) is 0 Å². The molecule has 0 radical (unpaired) electrons. The third kappa shape index (κ3) is 6.91. The third-order valence-corrected chi connectivity index (χ3v) is 7.37. The summed E-state index contributed by atoms with van der Waals surface area (Å²) >= 11 is 0. The van der Waals surface area contributed by atoms with Gasteiger partial charge in [-0.1, -0.05) is 64.1 Å². The summed E-state index contributed by atoms with van der Waals surface area (Å²) in [6, 6.07) is 12.7. The number of benzene rings is 1. The number of allylic oxidation sites excluding steroid dienone is 1. The van der Waals surface area contributed by atoms with Crippen LogP contribution in [0.2, 0.25) is 0 Å². The van der Waals surface area contributed by atoms with Crippen LogP contribution in [0.1, 0.15) is 65.4 Å². The molecule has 176 valence electrons. The molecule has 0 amide bonds. The molecule has 3 rings (SSSR count). The van der Waals surface area contributed by atoms with E-state index in [1.54, 1.807) is 0 Å². The van der Waals surface area contributed by atoms with Gasteiger partial charge in [-0.15, -0.1) is 0 Å². The van der Waals surface area contributed by atoms with E-state index >= 15 is 0 Å². The topological polar surface area (TPSA) is 51.5 Å². The zero-order valence-corrected chi connectivity index (χ0v) is 20.3. The largest absolute Gasteiger partial charge is 0.376 e. The highest BCUT2D eigenvalue weighted by Gasteiger charge is 2.43. The van der Waals surface area contributed by atoms with Crippen molar-refractivity contribution < 1.29 is 14.2 Å². The van der Waals surface area contributed by atoms with Crippen molar-refractivity contribution in [2.45, 2.75) is 78.8 Å². The van der Waals surface area contributed by atoms with Crippen molar-refractivity contribution in [1.29, 1.82) is 5.26 Å². The van der Waals surface area contributed by atoms with Crippen LogP contribution in [-0.2, 0) is 20.8 Å². The minimum Gasteiger partial charge on any atom is -0.376 e. The third-order valence-electron chi connectivity index (χ3n) is 7.37. The van der Waals surface area contributed by atoms with Gasteiger partial charge < -0.3 is 14.2 Å². The first kappa shape index (κ1) is 25.0. The van der Waals surface area contributed by atoms with Crippen molar-refractivity contribution in [3.05, 3.63) is 48.0 Å². The van der Waals surface area contributed by atoms with E-state index in [-0.39, 0.29) is 11.7 Å². The number of nitrogens with zero attached hydrogens (tertiary/aromatic N) is 1. The Balaban J connectivity index is 1.71. The fourth-order valence-electron chi connectivity index (χ4n) is 5.43. The summed E-state index contributed by atoms with van der Waals surface area (Å²) in [5.74, 6) is 1.97. The molecule has 5 atom stereocenters. The summed E-state index contributed by atoms with van der Waals surface area (Å²) in [5.41, 5.74) is 1.37. The van der Waals surface area contributed by atoms with Crippen molar-refractivity contribution in [3.63, 3.8) is 0 Å². The zero-order chi connectivity index (χ0) is 23.0. The molecule has 0 N–H and O–H groups in total. The van der Waals surface area contributed by atoms with Gasteiger partial charge in [0, 0.05) is 6.61 Å². The second kappa shape index (κ2) is 12.0. The molecule has 1 aliphatic carbocycles. The van der Waals surface area contributed by atoms with Crippen LogP contribution >= 0.6 is 0 Å². The van der Waals surface area contributed by atoms with Crippen LogP contribution in [0.25, 0.3) is 0 Å². The van der Waals surface area contributed by atoms with E-state index in [1.807, 2.05) is 12.1 Å². The molecule has 0 aromatic heterocycles.